The van der Waals surface area contributed by atoms with Crippen molar-refractivity contribution < 1.29 is 0 Å². The van der Waals surface area contributed by atoms with E-state index in [1.165, 1.54) is 0 Å². The van der Waals surface area contributed by atoms with Gasteiger partial charge in [-0.25, -0.2) is 4.98 Å². The van der Waals surface area contributed by atoms with Crippen LogP contribution < -0.4 is 10.9 Å². The molecule has 2 aromatic carbocycles. The van der Waals surface area contributed by atoms with Gasteiger partial charge in [-0.15, -0.1) is 0 Å². The van der Waals surface area contributed by atoms with Gasteiger partial charge in [0.05, 0.1) is 16.1 Å². The molecule has 0 saturated heterocycles. The van der Waals surface area contributed by atoms with Crippen molar-refractivity contribution in [1.82, 2.24) is 15.0 Å². The van der Waals surface area contributed by atoms with Crippen LogP contribution in [0.4, 0.5) is 11.6 Å². The molecule has 128 valence electrons. The molecule has 4 rings (SSSR count). The molecule has 5 nitrogen and oxygen atoms in total. The maximum atomic E-state index is 12.7. The summed E-state index contributed by atoms with van der Waals surface area (Å²) in [6.07, 6.45) is 1.64. The number of H-pyrrole nitrogens is 1. The fourth-order valence-electron chi connectivity index (χ4n) is 2.68. The first-order valence-corrected chi connectivity index (χ1v) is 8.95. The minimum Gasteiger partial charge on any atom is -0.324 e. The molecule has 2 N–H and O–H groups in total. The molecule has 0 unspecified atom stereocenters. The molecular weight excluding hydrogens is 416 g/mol. The second kappa shape index (κ2) is 6.90. The number of hydrogen-bond donors (Lipinski definition) is 2. The number of halogens is 2. The summed E-state index contributed by atoms with van der Waals surface area (Å²) >= 11 is 9.57. The number of aromatic nitrogens is 3. The van der Waals surface area contributed by atoms with Crippen LogP contribution in [0.1, 0.15) is 0 Å². The average molecular weight is 428 g/mol. The van der Waals surface area contributed by atoms with Gasteiger partial charge in [-0.05, 0) is 41.5 Å². The monoisotopic (exact) mass is 426 g/mol. The number of para-hydroxylation sites is 1. The van der Waals surface area contributed by atoms with Gasteiger partial charge in [0.25, 0.3) is 5.56 Å². The van der Waals surface area contributed by atoms with Crippen molar-refractivity contribution >= 4 is 50.2 Å². The summed E-state index contributed by atoms with van der Waals surface area (Å²) in [5, 5.41) is 4.01. The van der Waals surface area contributed by atoms with E-state index in [9.17, 15) is 4.79 Å². The Balaban J connectivity index is 1.83. The van der Waals surface area contributed by atoms with Crippen LogP contribution in [-0.4, -0.2) is 15.0 Å². The highest BCUT2D eigenvalue weighted by atomic mass is 79.9. The maximum Gasteiger partial charge on any atom is 0.262 e. The van der Waals surface area contributed by atoms with Crippen molar-refractivity contribution in [2.45, 2.75) is 0 Å². The molecule has 4 aromatic rings. The van der Waals surface area contributed by atoms with Crippen LogP contribution in [0.15, 0.2) is 70.1 Å². The first-order chi connectivity index (χ1) is 12.6. The smallest absolute Gasteiger partial charge is 0.262 e. The molecule has 0 spiro atoms. The highest BCUT2D eigenvalue weighted by Crippen LogP contribution is 2.27. The molecule has 2 aromatic heterocycles. The molecule has 0 amide bonds. The molecule has 7 heteroatoms. The van der Waals surface area contributed by atoms with Crippen LogP contribution >= 0.6 is 27.5 Å². The van der Waals surface area contributed by atoms with Crippen LogP contribution in [0, 0.1) is 0 Å². The maximum absolute atomic E-state index is 12.7. The number of aromatic amines is 1. The molecule has 0 fully saturated rings. The Bertz CT molecular complexity index is 1160. The molecule has 0 saturated carbocycles. The molecular formula is C19H12BrClN4O. The van der Waals surface area contributed by atoms with Crippen LogP contribution in [0.2, 0.25) is 5.02 Å². The number of nitrogens with one attached hydrogen (secondary N) is 2. The van der Waals surface area contributed by atoms with E-state index in [2.05, 4.69) is 36.2 Å². The van der Waals surface area contributed by atoms with E-state index in [4.69, 9.17) is 11.6 Å². The van der Waals surface area contributed by atoms with Gasteiger partial charge in [-0.3, -0.25) is 9.78 Å². The van der Waals surface area contributed by atoms with Crippen molar-refractivity contribution in [2.24, 2.45) is 0 Å². The first kappa shape index (κ1) is 16.8. The quantitative estimate of drug-likeness (QED) is 0.475. The van der Waals surface area contributed by atoms with E-state index >= 15 is 0 Å². The molecule has 0 atom stereocenters. The zero-order chi connectivity index (χ0) is 18.1. The predicted octanol–water partition coefficient (Wildman–Crippen LogP) is 5.14. The van der Waals surface area contributed by atoms with Crippen LogP contribution in [0.3, 0.4) is 0 Å². The Labute approximate surface area is 162 Å². The third-order valence-electron chi connectivity index (χ3n) is 3.89. The predicted molar refractivity (Wildman–Crippen MR) is 108 cm³/mol. The van der Waals surface area contributed by atoms with E-state index in [1.807, 2.05) is 42.5 Å². The second-order valence-corrected chi connectivity index (χ2v) is 6.91. The number of pyridine rings is 1. The Morgan fingerprint density at radius 2 is 1.81 bits per heavy atom. The SMILES string of the molecule is O=c1[nH]c(Nc2ccccc2Cl)nc2nccc(-c3ccc(Br)cc3)c12. The van der Waals surface area contributed by atoms with Gasteiger partial charge < -0.3 is 5.32 Å². The Hall–Kier alpha value is -2.70. The zero-order valence-corrected chi connectivity index (χ0v) is 15.7. The summed E-state index contributed by atoms with van der Waals surface area (Å²) in [6, 6.07) is 16.8. The lowest BCUT2D eigenvalue weighted by Gasteiger charge is -2.09. The van der Waals surface area contributed by atoms with Crippen LogP contribution in [-0.2, 0) is 0 Å². The highest BCUT2D eigenvalue weighted by molar-refractivity contribution is 9.10. The molecule has 0 bridgehead atoms. The molecule has 0 aliphatic rings. The highest BCUT2D eigenvalue weighted by Gasteiger charge is 2.12. The Kier molecular flexibility index (Phi) is 4.44. The van der Waals surface area contributed by atoms with Crippen LogP contribution in [0.5, 0.6) is 0 Å². The van der Waals surface area contributed by atoms with Gasteiger partial charge in [0, 0.05) is 10.7 Å². The molecule has 0 aliphatic carbocycles. The van der Waals surface area contributed by atoms with Gasteiger partial charge >= 0.3 is 0 Å². The van der Waals surface area contributed by atoms with Crippen LogP contribution in [0.25, 0.3) is 22.2 Å². The van der Waals surface area contributed by atoms with Crippen molar-refractivity contribution in [2.75, 3.05) is 5.32 Å². The fourth-order valence-corrected chi connectivity index (χ4v) is 3.13. The summed E-state index contributed by atoms with van der Waals surface area (Å²) in [5.41, 5.74) is 2.44. The van der Waals surface area contributed by atoms with E-state index in [0.29, 0.717) is 21.7 Å². The van der Waals surface area contributed by atoms with Gasteiger partial charge in [-0.2, -0.15) is 4.98 Å². The Morgan fingerprint density at radius 3 is 2.58 bits per heavy atom. The van der Waals surface area contributed by atoms with Gasteiger partial charge in [0.15, 0.2) is 5.65 Å². The number of fused-ring (bicyclic) bond motifs is 1. The number of hydrogen-bond acceptors (Lipinski definition) is 4. The minimum atomic E-state index is -0.268. The largest absolute Gasteiger partial charge is 0.324 e. The molecule has 0 radical (unpaired) electrons. The van der Waals surface area contributed by atoms with Gasteiger partial charge in [0.2, 0.25) is 5.95 Å². The summed E-state index contributed by atoms with van der Waals surface area (Å²) < 4.78 is 0.970. The number of benzene rings is 2. The second-order valence-electron chi connectivity index (χ2n) is 5.58. The minimum absolute atomic E-state index is 0.268. The molecule has 26 heavy (non-hydrogen) atoms. The van der Waals surface area contributed by atoms with Crippen molar-refractivity contribution in [1.29, 1.82) is 0 Å². The van der Waals surface area contributed by atoms with E-state index in [0.717, 1.165) is 15.6 Å². The molecule has 2 heterocycles. The lowest BCUT2D eigenvalue weighted by Crippen LogP contribution is -2.13. The molecule has 0 aliphatic heterocycles. The fraction of sp³-hybridized carbons (Fsp3) is 0. The summed E-state index contributed by atoms with van der Waals surface area (Å²) in [7, 11) is 0. The summed E-state index contributed by atoms with van der Waals surface area (Å²) in [6.45, 7) is 0. The van der Waals surface area contributed by atoms with E-state index in [1.54, 1.807) is 18.3 Å². The van der Waals surface area contributed by atoms with Crippen molar-refractivity contribution in [3.8, 4) is 11.1 Å². The standard InChI is InChI=1S/C19H12BrClN4O/c20-12-7-5-11(6-8-12)13-9-10-22-17-16(13)18(26)25-19(24-17)23-15-4-2-1-3-14(15)21/h1-10H,(H2,22,23,24,25,26). The van der Waals surface area contributed by atoms with Gasteiger partial charge in [0.1, 0.15) is 0 Å². The summed E-state index contributed by atoms with van der Waals surface area (Å²) in [4.78, 5) is 24.2. The van der Waals surface area contributed by atoms with E-state index < -0.39 is 0 Å². The van der Waals surface area contributed by atoms with Crippen molar-refractivity contribution in [3.63, 3.8) is 0 Å². The number of anilines is 2. The number of nitrogens with zero attached hydrogens (tertiary/aromatic N) is 2. The first-order valence-electron chi connectivity index (χ1n) is 7.78. The summed E-state index contributed by atoms with van der Waals surface area (Å²) in [5.74, 6) is 0.288. The van der Waals surface area contributed by atoms with Gasteiger partial charge in [-0.1, -0.05) is 51.8 Å². The third kappa shape index (κ3) is 3.21. The normalized spacial score (nSPS) is 10.8. The number of rotatable bonds is 3. The third-order valence-corrected chi connectivity index (χ3v) is 4.75. The zero-order valence-electron chi connectivity index (χ0n) is 13.3. The van der Waals surface area contributed by atoms with E-state index in [-0.39, 0.29) is 11.5 Å². The Morgan fingerprint density at radius 1 is 1.04 bits per heavy atom. The lowest BCUT2D eigenvalue weighted by molar-refractivity contribution is 1.14. The topological polar surface area (TPSA) is 70.7 Å². The van der Waals surface area contributed by atoms with Crippen molar-refractivity contribution in [3.05, 3.63) is 80.6 Å². The average Bonchev–Trinajstić information content (AvgIpc) is 2.64. The lowest BCUT2D eigenvalue weighted by atomic mass is 10.0.